The van der Waals surface area contributed by atoms with Crippen LogP contribution >= 0.6 is 27.5 Å². The van der Waals surface area contributed by atoms with Crippen LogP contribution in [0.3, 0.4) is 0 Å². The van der Waals surface area contributed by atoms with Gasteiger partial charge in [0.2, 0.25) is 0 Å². The quantitative estimate of drug-likeness (QED) is 0.260. The van der Waals surface area contributed by atoms with Gasteiger partial charge < -0.3 is 9.15 Å². The van der Waals surface area contributed by atoms with E-state index in [1.165, 1.54) is 6.07 Å². The van der Waals surface area contributed by atoms with Crippen molar-refractivity contribution in [1.29, 1.82) is 0 Å². The largest absolute Gasteiger partial charge is 0.457 e. The molecule has 4 aromatic rings. The van der Waals surface area contributed by atoms with Crippen LogP contribution in [0, 0.1) is 0 Å². The maximum absolute atomic E-state index is 12.1. The Morgan fingerprint density at radius 2 is 1.63 bits per heavy atom. The van der Waals surface area contributed by atoms with E-state index in [9.17, 15) is 4.79 Å². The van der Waals surface area contributed by atoms with Crippen molar-refractivity contribution >= 4 is 38.5 Å². The Kier molecular flexibility index (Phi) is 5.01. The molecule has 0 amide bonds. The lowest BCUT2D eigenvalue weighted by molar-refractivity contribution is 0.480. The first-order chi connectivity index (χ1) is 13.1. The molecule has 0 aliphatic carbocycles. The van der Waals surface area contributed by atoms with E-state index in [4.69, 9.17) is 20.8 Å². The Hall–Kier alpha value is -2.56. The lowest BCUT2D eigenvalue weighted by Crippen LogP contribution is -2.03. The molecule has 134 valence electrons. The molecule has 1 atom stereocenters. The summed E-state index contributed by atoms with van der Waals surface area (Å²) in [5.74, 6) is 1.32. The van der Waals surface area contributed by atoms with E-state index in [2.05, 4.69) is 15.9 Å². The first kappa shape index (κ1) is 17.8. The van der Waals surface area contributed by atoms with Crippen molar-refractivity contribution in [3.8, 4) is 11.5 Å². The SMILES string of the molecule is O=c1cc(C(Br)c2ccc(Cl)cc2)c2ccc(Oc3ccccc3)cc2o1. The molecular weight excluding hydrogens is 428 g/mol. The van der Waals surface area contributed by atoms with Crippen LogP contribution in [0.1, 0.15) is 16.0 Å². The first-order valence-electron chi connectivity index (χ1n) is 8.30. The van der Waals surface area contributed by atoms with Gasteiger partial charge in [0.25, 0.3) is 0 Å². The van der Waals surface area contributed by atoms with E-state index in [-0.39, 0.29) is 4.83 Å². The smallest absolute Gasteiger partial charge is 0.336 e. The van der Waals surface area contributed by atoms with Gasteiger partial charge in [0.05, 0.1) is 4.83 Å². The fourth-order valence-electron chi connectivity index (χ4n) is 2.88. The lowest BCUT2D eigenvalue weighted by Gasteiger charge is -2.14. The third-order valence-corrected chi connectivity index (χ3v) is 5.44. The summed E-state index contributed by atoms with van der Waals surface area (Å²) in [6, 6.07) is 24.0. The second-order valence-electron chi connectivity index (χ2n) is 6.01. The van der Waals surface area contributed by atoms with Gasteiger partial charge in [-0.1, -0.05) is 57.9 Å². The predicted molar refractivity (Wildman–Crippen MR) is 111 cm³/mol. The van der Waals surface area contributed by atoms with E-state index in [0.29, 0.717) is 16.4 Å². The van der Waals surface area contributed by atoms with Crippen molar-refractivity contribution in [2.75, 3.05) is 0 Å². The van der Waals surface area contributed by atoms with Gasteiger partial charge in [0.1, 0.15) is 17.1 Å². The normalized spacial score (nSPS) is 12.1. The number of fused-ring (bicyclic) bond motifs is 1. The minimum Gasteiger partial charge on any atom is -0.457 e. The molecule has 0 radical (unpaired) electrons. The van der Waals surface area contributed by atoms with Gasteiger partial charge >= 0.3 is 5.63 Å². The molecule has 5 heteroatoms. The van der Waals surface area contributed by atoms with Crippen molar-refractivity contribution in [3.63, 3.8) is 0 Å². The van der Waals surface area contributed by atoms with Crippen molar-refractivity contribution in [2.45, 2.75) is 4.83 Å². The molecule has 0 saturated heterocycles. The van der Waals surface area contributed by atoms with Gasteiger partial charge in [-0.2, -0.15) is 0 Å². The zero-order valence-corrected chi connectivity index (χ0v) is 16.4. The highest BCUT2D eigenvalue weighted by molar-refractivity contribution is 9.09. The van der Waals surface area contributed by atoms with Crippen molar-refractivity contribution in [1.82, 2.24) is 0 Å². The lowest BCUT2D eigenvalue weighted by atomic mass is 10.0. The van der Waals surface area contributed by atoms with Gasteiger partial charge in [-0.15, -0.1) is 0 Å². The highest BCUT2D eigenvalue weighted by atomic mass is 79.9. The molecule has 0 N–H and O–H groups in total. The van der Waals surface area contributed by atoms with Gasteiger partial charge in [-0.25, -0.2) is 4.79 Å². The predicted octanol–water partition coefficient (Wildman–Crippen LogP) is 6.72. The molecule has 0 bridgehead atoms. The summed E-state index contributed by atoms with van der Waals surface area (Å²) in [5, 5.41) is 1.51. The summed E-state index contributed by atoms with van der Waals surface area (Å²) in [6.45, 7) is 0. The van der Waals surface area contributed by atoms with Crippen LogP contribution in [-0.4, -0.2) is 0 Å². The van der Waals surface area contributed by atoms with Crippen molar-refractivity contribution in [3.05, 3.63) is 105 Å². The number of benzene rings is 3. The minimum atomic E-state index is -0.409. The third-order valence-electron chi connectivity index (χ3n) is 4.16. The van der Waals surface area contributed by atoms with Crippen LogP contribution in [0.5, 0.6) is 11.5 Å². The van der Waals surface area contributed by atoms with E-state index >= 15 is 0 Å². The monoisotopic (exact) mass is 440 g/mol. The Morgan fingerprint density at radius 1 is 0.889 bits per heavy atom. The summed E-state index contributed by atoms with van der Waals surface area (Å²) in [4.78, 5) is 11.9. The molecule has 1 heterocycles. The van der Waals surface area contributed by atoms with Crippen LogP contribution in [0.4, 0.5) is 0 Å². The third kappa shape index (κ3) is 3.92. The summed E-state index contributed by atoms with van der Waals surface area (Å²) < 4.78 is 11.2. The Labute approximate surface area is 169 Å². The van der Waals surface area contributed by atoms with Crippen LogP contribution < -0.4 is 10.4 Å². The molecule has 27 heavy (non-hydrogen) atoms. The fourth-order valence-corrected chi connectivity index (χ4v) is 3.69. The Balaban J connectivity index is 1.75. The van der Waals surface area contributed by atoms with E-state index in [1.54, 1.807) is 6.07 Å². The van der Waals surface area contributed by atoms with Gasteiger partial charge in [0.15, 0.2) is 0 Å². The zero-order valence-electron chi connectivity index (χ0n) is 14.1. The first-order valence-corrected chi connectivity index (χ1v) is 9.60. The number of rotatable bonds is 4. The van der Waals surface area contributed by atoms with Gasteiger partial charge in [-0.3, -0.25) is 0 Å². The van der Waals surface area contributed by atoms with Crippen molar-refractivity contribution in [2.24, 2.45) is 0 Å². The second-order valence-corrected chi connectivity index (χ2v) is 7.36. The molecule has 3 aromatic carbocycles. The summed E-state index contributed by atoms with van der Waals surface area (Å²) >= 11 is 9.66. The molecule has 0 fully saturated rings. The van der Waals surface area contributed by atoms with Crippen LogP contribution in [0.15, 0.2) is 88.1 Å². The highest BCUT2D eigenvalue weighted by Gasteiger charge is 2.16. The molecule has 4 rings (SSSR count). The maximum atomic E-state index is 12.1. The number of para-hydroxylation sites is 1. The van der Waals surface area contributed by atoms with Crippen molar-refractivity contribution < 1.29 is 9.15 Å². The van der Waals surface area contributed by atoms with Gasteiger partial charge in [0, 0.05) is 22.5 Å². The van der Waals surface area contributed by atoms with E-state index < -0.39 is 5.63 Å². The molecule has 0 spiro atoms. The number of hydrogen-bond donors (Lipinski definition) is 0. The summed E-state index contributed by atoms with van der Waals surface area (Å²) in [7, 11) is 0. The molecular formula is C22H14BrClO3. The number of halogens is 2. The van der Waals surface area contributed by atoms with Crippen LogP contribution in [0.25, 0.3) is 11.0 Å². The van der Waals surface area contributed by atoms with E-state index in [0.717, 1.165) is 22.3 Å². The molecule has 0 aliphatic rings. The fraction of sp³-hybridized carbons (Fsp3) is 0.0455. The zero-order chi connectivity index (χ0) is 18.8. The molecule has 0 saturated carbocycles. The standard InChI is InChI=1S/C22H14BrClO3/c23-22(14-6-8-15(24)9-7-14)19-13-21(25)27-20-12-17(10-11-18(19)20)26-16-4-2-1-3-5-16/h1-13,22H. The van der Waals surface area contributed by atoms with E-state index in [1.807, 2.05) is 66.7 Å². The number of alkyl halides is 1. The second kappa shape index (κ2) is 7.59. The molecule has 3 nitrogen and oxygen atoms in total. The summed E-state index contributed by atoms with van der Waals surface area (Å²) in [5.41, 5.74) is 1.89. The number of hydrogen-bond acceptors (Lipinski definition) is 3. The number of ether oxygens (including phenoxy) is 1. The topological polar surface area (TPSA) is 39.4 Å². The molecule has 0 aliphatic heterocycles. The maximum Gasteiger partial charge on any atom is 0.336 e. The Morgan fingerprint density at radius 3 is 2.37 bits per heavy atom. The molecule has 1 aromatic heterocycles. The highest BCUT2D eigenvalue weighted by Crippen LogP contribution is 2.36. The summed E-state index contributed by atoms with van der Waals surface area (Å²) in [6.07, 6.45) is 0. The van der Waals surface area contributed by atoms with Crippen LogP contribution in [-0.2, 0) is 0 Å². The van der Waals surface area contributed by atoms with Gasteiger partial charge in [-0.05, 0) is 47.5 Å². The minimum absolute atomic E-state index is 0.165. The van der Waals surface area contributed by atoms with Crippen LogP contribution in [0.2, 0.25) is 5.02 Å². The average molecular weight is 442 g/mol. The molecule has 1 unspecified atom stereocenters. The average Bonchev–Trinajstić information content (AvgIpc) is 2.68. The Bertz CT molecular complexity index is 1140.